The molecule has 1 saturated carbocycles. The van der Waals surface area contributed by atoms with Crippen molar-refractivity contribution >= 4 is 11.7 Å². The topological polar surface area (TPSA) is 71.8 Å². The standard InChI is InChI=1S/C18H23F2N5O/c1-12(13-5-7-18(19,20)8-6-13)23-17(26)24-15-4-3-9-21-16(15)14-10-22-25(2)11-14/h3-4,9-13H,5-8H2,1-2H3,(H2,23,24,26). The highest BCUT2D eigenvalue weighted by Crippen LogP contribution is 2.37. The molecule has 0 aromatic carbocycles. The monoisotopic (exact) mass is 363 g/mol. The maximum absolute atomic E-state index is 13.3. The van der Waals surface area contributed by atoms with Gasteiger partial charge in [-0.15, -0.1) is 0 Å². The largest absolute Gasteiger partial charge is 0.335 e. The highest BCUT2D eigenvalue weighted by molar-refractivity contribution is 5.93. The van der Waals surface area contributed by atoms with E-state index in [1.54, 1.807) is 29.2 Å². The molecule has 1 fully saturated rings. The second-order valence-corrected chi connectivity index (χ2v) is 6.88. The molecule has 1 aliphatic carbocycles. The number of halogens is 2. The van der Waals surface area contributed by atoms with Gasteiger partial charge in [0.15, 0.2) is 0 Å². The van der Waals surface area contributed by atoms with Gasteiger partial charge in [0.05, 0.1) is 17.6 Å². The molecule has 6 nitrogen and oxygen atoms in total. The van der Waals surface area contributed by atoms with Gasteiger partial charge in [-0.25, -0.2) is 13.6 Å². The molecule has 2 amide bonds. The maximum Gasteiger partial charge on any atom is 0.319 e. The Hall–Kier alpha value is -2.51. The Balaban J connectivity index is 1.62. The summed E-state index contributed by atoms with van der Waals surface area (Å²) in [5, 5.41) is 9.79. The van der Waals surface area contributed by atoms with Crippen LogP contribution in [0.2, 0.25) is 0 Å². The molecule has 3 rings (SSSR count). The fourth-order valence-electron chi connectivity index (χ4n) is 3.33. The van der Waals surface area contributed by atoms with E-state index in [2.05, 4.69) is 20.7 Å². The second kappa shape index (κ2) is 7.39. The van der Waals surface area contributed by atoms with Crippen LogP contribution in [0, 0.1) is 5.92 Å². The summed E-state index contributed by atoms with van der Waals surface area (Å²) in [6, 6.07) is 2.96. The first-order valence-corrected chi connectivity index (χ1v) is 8.73. The molecule has 0 aliphatic heterocycles. The van der Waals surface area contributed by atoms with E-state index in [9.17, 15) is 13.6 Å². The molecule has 8 heteroatoms. The molecule has 26 heavy (non-hydrogen) atoms. The molecular formula is C18H23F2N5O. The predicted octanol–water partition coefficient (Wildman–Crippen LogP) is 3.82. The van der Waals surface area contributed by atoms with Gasteiger partial charge >= 0.3 is 6.03 Å². The Bertz CT molecular complexity index is 766. The third kappa shape index (κ3) is 4.36. The number of aromatic nitrogens is 3. The normalized spacial score (nSPS) is 18.3. The van der Waals surface area contributed by atoms with Crippen molar-refractivity contribution in [2.45, 2.75) is 44.6 Å². The lowest BCUT2D eigenvalue weighted by Crippen LogP contribution is -2.43. The Kier molecular flexibility index (Phi) is 5.20. The Morgan fingerprint density at radius 3 is 2.77 bits per heavy atom. The summed E-state index contributed by atoms with van der Waals surface area (Å²) in [5.41, 5.74) is 1.99. The zero-order valence-electron chi connectivity index (χ0n) is 14.9. The van der Waals surface area contributed by atoms with E-state index in [1.165, 1.54) is 0 Å². The molecule has 2 aromatic rings. The first kappa shape index (κ1) is 18.3. The van der Waals surface area contributed by atoms with Crippen LogP contribution in [0.3, 0.4) is 0 Å². The lowest BCUT2D eigenvalue weighted by atomic mass is 9.83. The van der Waals surface area contributed by atoms with Crippen LogP contribution in [0.1, 0.15) is 32.6 Å². The first-order chi connectivity index (χ1) is 12.3. The zero-order valence-corrected chi connectivity index (χ0v) is 14.9. The van der Waals surface area contributed by atoms with E-state index >= 15 is 0 Å². The van der Waals surface area contributed by atoms with Crippen molar-refractivity contribution in [3.8, 4) is 11.3 Å². The van der Waals surface area contributed by atoms with Crippen molar-refractivity contribution < 1.29 is 13.6 Å². The number of amides is 2. The minimum absolute atomic E-state index is 0.0621. The van der Waals surface area contributed by atoms with Crippen molar-refractivity contribution in [2.24, 2.45) is 13.0 Å². The summed E-state index contributed by atoms with van der Waals surface area (Å²) >= 11 is 0. The predicted molar refractivity (Wildman–Crippen MR) is 95.0 cm³/mol. The molecule has 0 bridgehead atoms. The molecule has 2 heterocycles. The van der Waals surface area contributed by atoms with Gasteiger partial charge in [0.2, 0.25) is 5.92 Å². The molecule has 0 radical (unpaired) electrons. The fourth-order valence-corrected chi connectivity index (χ4v) is 3.33. The summed E-state index contributed by atoms with van der Waals surface area (Å²) in [7, 11) is 1.81. The summed E-state index contributed by atoms with van der Waals surface area (Å²) in [5.74, 6) is -2.50. The Labute approximate surface area is 151 Å². The van der Waals surface area contributed by atoms with Crippen molar-refractivity contribution in [3.05, 3.63) is 30.7 Å². The van der Waals surface area contributed by atoms with Gasteiger partial charge < -0.3 is 10.6 Å². The summed E-state index contributed by atoms with van der Waals surface area (Å²) in [6.07, 6.45) is 5.76. The smallest absolute Gasteiger partial charge is 0.319 e. The molecule has 2 aromatic heterocycles. The average Bonchev–Trinajstić information content (AvgIpc) is 3.01. The van der Waals surface area contributed by atoms with Crippen LogP contribution in [-0.2, 0) is 7.05 Å². The van der Waals surface area contributed by atoms with Crippen LogP contribution in [0.15, 0.2) is 30.7 Å². The van der Waals surface area contributed by atoms with Gasteiger partial charge in [0.25, 0.3) is 0 Å². The number of hydrogen-bond acceptors (Lipinski definition) is 3. The number of rotatable bonds is 4. The molecule has 140 valence electrons. The lowest BCUT2D eigenvalue weighted by molar-refractivity contribution is -0.0483. The van der Waals surface area contributed by atoms with Crippen molar-refractivity contribution in [3.63, 3.8) is 0 Å². The van der Waals surface area contributed by atoms with Crippen molar-refractivity contribution in [2.75, 3.05) is 5.32 Å². The van der Waals surface area contributed by atoms with Gasteiger partial charge in [0, 0.05) is 43.9 Å². The molecule has 1 aliphatic rings. The van der Waals surface area contributed by atoms with Gasteiger partial charge in [-0.05, 0) is 37.8 Å². The van der Waals surface area contributed by atoms with Crippen LogP contribution in [0.5, 0.6) is 0 Å². The quantitative estimate of drug-likeness (QED) is 0.867. The van der Waals surface area contributed by atoms with Crippen molar-refractivity contribution in [1.29, 1.82) is 0 Å². The van der Waals surface area contributed by atoms with Gasteiger partial charge in [-0.2, -0.15) is 5.10 Å². The van der Waals surface area contributed by atoms with E-state index < -0.39 is 5.92 Å². The van der Waals surface area contributed by atoms with Gasteiger partial charge in [-0.3, -0.25) is 9.67 Å². The zero-order chi connectivity index (χ0) is 18.7. The van der Waals surface area contributed by atoms with Gasteiger partial charge in [0.1, 0.15) is 0 Å². The van der Waals surface area contributed by atoms with Crippen LogP contribution in [0.25, 0.3) is 11.3 Å². The third-order valence-electron chi connectivity index (χ3n) is 4.86. The first-order valence-electron chi connectivity index (χ1n) is 8.73. The molecule has 2 N–H and O–H groups in total. The Morgan fingerprint density at radius 2 is 2.12 bits per heavy atom. The molecule has 0 saturated heterocycles. The summed E-state index contributed by atoms with van der Waals surface area (Å²) in [6.45, 7) is 1.86. The molecule has 1 atom stereocenters. The van der Waals surface area contributed by atoms with Crippen LogP contribution in [0.4, 0.5) is 19.3 Å². The molecule has 0 spiro atoms. The molecule has 1 unspecified atom stereocenters. The number of carbonyl (C=O) groups is 1. The van der Waals surface area contributed by atoms with Crippen molar-refractivity contribution in [1.82, 2.24) is 20.1 Å². The van der Waals surface area contributed by atoms with E-state index in [-0.39, 0.29) is 30.8 Å². The van der Waals surface area contributed by atoms with E-state index in [0.29, 0.717) is 24.2 Å². The average molecular weight is 363 g/mol. The number of nitrogens with zero attached hydrogens (tertiary/aromatic N) is 3. The lowest BCUT2D eigenvalue weighted by Gasteiger charge is -2.32. The second-order valence-electron chi connectivity index (χ2n) is 6.88. The maximum atomic E-state index is 13.3. The number of anilines is 1. The fraction of sp³-hybridized carbons (Fsp3) is 0.500. The van der Waals surface area contributed by atoms with Crippen LogP contribution < -0.4 is 10.6 Å². The number of urea groups is 1. The van der Waals surface area contributed by atoms with E-state index in [4.69, 9.17) is 0 Å². The number of aryl methyl sites for hydroxylation is 1. The SMILES string of the molecule is CC(NC(=O)Nc1cccnc1-c1cnn(C)c1)C1CCC(F)(F)CC1. The molecular weight excluding hydrogens is 340 g/mol. The van der Waals surface area contributed by atoms with E-state index in [1.807, 2.05) is 20.2 Å². The summed E-state index contributed by atoms with van der Waals surface area (Å²) in [4.78, 5) is 16.7. The Morgan fingerprint density at radius 1 is 1.38 bits per heavy atom. The third-order valence-corrected chi connectivity index (χ3v) is 4.86. The number of carbonyl (C=O) groups excluding carboxylic acids is 1. The highest BCUT2D eigenvalue weighted by atomic mass is 19.3. The summed E-state index contributed by atoms with van der Waals surface area (Å²) < 4.78 is 28.2. The number of pyridine rings is 1. The van der Waals surface area contributed by atoms with E-state index in [0.717, 1.165) is 5.56 Å². The van der Waals surface area contributed by atoms with Crippen LogP contribution >= 0.6 is 0 Å². The highest BCUT2D eigenvalue weighted by Gasteiger charge is 2.36. The van der Waals surface area contributed by atoms with Crippen LogP contribution in [-0.4, -0.2) is 32.8 Å². The minimum atomic E-state index is -2.56. The number of alkyl halides is 2. The minimum Gasteiger partial charge on any atom is -0.335 e. The van der Waals surface area contributed by atoms with Gasteiger partial charge in [-0.1, -0.05) is 0 Å². The number of hydrogen-bond donors (Lipinski definition) is 2. The number of nitrogens with one attached hydrogen (secondary N) is 2.